The fourth-order valence-electron chi connectivity index (χ4n) is 6.97. The third-order valence-corrected chi connectivity index (χ3v) is 18.5. The van der Waals surface area contributed by atoms with Crippen LogP contribution in [0.2, 0.25) is 5.04 Å². The Labute approximate surface area is 304 Å². The molecular weight excluding hydrogens is 703 g/mol. The van der Waals surface area contributed by atoms with Crippen LogP contribution in [0.5, 0.6) is 17.2 Å². The molecule has 0 saturated heterocycles. The summed E-state index contributed by atoms with van der Waals surface area (Å²) in [6.07, 6.45) is 0.789. The predicted octanol–water partition coefficient (Wildman–Crippen LogP) is 5.14. The highest BCUT2D eigenvalue weighted by molar-refractivity contribution is 7.95. The lowest BCUT2D eigenvalue weighted by molar-refractivity contribution is -0.0000106. The van der Waals surface area contributed by atoms with Crippen molar-refractivity contribution in [2.45, 2.75) is 32.0 Å². The number of hydrogen-bond donors (Lipinski definition) is 0. The van der Waals surface area contributed by atoms with Gasteiger partial charge >= 0.3 is 8.32 Å². The Kier molecular flexibility index (Phi) is 11.5. The van der Waals surface area contributed by atoms with Crippen molar-refractivity contribution in [1.29, 1.82) is 0 Å². The molecule has 0 unspecified atom stereocenters. The Bertz CT molecular complexity index is 1760. The molecular formula is C43H44BrO3PSi. The molecule has 0 fully saturated rings. The van der Waals surface area contributed by atoms with Crippen molar-refractivity contribution < 1.29 is 30.9 Å². The number of hydrogen-bond acceptors (Lipinski definition) is 3. The maximum absolute atomic E-state index is 7.52. The summed E-state index contributed by atoms with van der Waals surface area (Å²) in [5, 5.41) is 6.14. The van der Waals surface area contributed by atoms with Crippen LogP contribution in [0.3, 0.4) is 0 Å². The van der Waals surface area contributed by atoms with Gasteiger partial charge in [0.2, 0.25) is 0 Å². The van der Waals surface area contributed by atoms with E-state index in [-0.39, 0.29) is 22.0 Å². The summed E-state index contributed by atoms with van der Waals surface area (Å²) in [5.74, 6) is 1.98. The molecule has 0 heterocycles. The predicted molar refractivity (Wildman–Crippen MR) is 207 cm³/mol. The molecule has 0 radical (unpaired) electrons. The SMILES string of the molecule is COc1cc(C[P+](c2ccccc2)(c2ccccc2)c2ccccc2)cc(OC)c1O[Si](c1ccccc1)(c1ccccc1)C(C)(C)C.[Br-]. The first-order valence-electron chi connectivity index (χ1n) is 16.4. The van der Waals surface area contributed by atoms with Crippen molar-refractivity contribution in [3.05, 3.63) is 169 Å². The van der Waals surface area contributed by atoms with Crippen LogP contribution in [0.1, 0.15) is 26.3 Å². The van der Waals surface area contributed by atoms with Crippen molar-refractivity contribution in [2.24, 2.45) is 0 Å². The van der Waals surface area contributed by atoms with Gasteiger partial charge < -0.3 is 30.9 Å². The van der Waals surface area contributed by atoms with Crippen LogP contribution in [-0.4, -0.2) is 22.5 Å². The first-order valence-corrected chi connectivity index (χ1v) is 20.3. The number of methoxy groups -OCH3 is 2. The molecule has 0 aliphatic rings. The number of benzene rings is 6. The molecule has 0 amide bonds. The topological polar surface area (TPSA) is 27.7 Å². The van der Waals surface area contributed by atoms with E-state index in [1.165, 1.54) is 26.3 Å². The summed E-state index contributed by atoms with van der Waals surface area (Å²) in [6, 6.07) is 58.6. The molecule has 0 aromatic heterocycles. The van der Waals surface area contributed by atoms with Gasteiger partial charge in [-0.05, 0) is 69.5 Å². The summed E-state index contributed by atoms with van der Waals surface area (Å²) in [4.78, 5) is 0. The highest BCUT2D eigenvalue weighted by Gasteiger charge is 2.53. The van der Waals surface area contributed by atoms with Gasteiger partial charge in [0, 0.05) is 0 Å². The molecule has 49 heavy (non-hydrogen) atoms. The summed E-state index contributed by atoms with van der Waals surface area (Å²) in [6.45, 7) is 6.85. The van der Waals surface area contributed by atoms with Gasteiger partial charge in [0.25, 0.3) is 0 Å². The lowest BCUT2D eigenvalue weighted by Crippen LogP contribution is -3.00. The van der Waals surface area contributed by atoms with Crippen molar-refractivity contribution >= 4 is 41.9 Å². The highest BCUT2D eigenvalue weighted by Crippen LogP contribution is 2.59. The van der Waals surface area contributed by atoms with Gasteiger partial charge in [0.1, 0.15) is 23.2 Å². The minimum absolute atomic E-state index is 0. The second kappa shape index (κ2) is 15.6. The molecule has 0 bridgehead atoms. The quantitative estimate of drug-likeness (QED) is 0.136. The molecule has 0 aliphatic heterocycles. The largest absolute Gasteiger partial charge is 1.00 e. The number of rotatable bonds is 11. The van der Waals surface area contributed by atoms with E-state index in [1.807, 2.05) is 0 Å². The third-order valence-electron chi connectivity index (χ3n) is 9.20. The number of ether oxygens (including phenoxy) is 2. The molecule has 0 atom stereocenters. The Balaban J connectivity index is 0.00000468. The van der Waals surface area contributed by atoms with E-state index in [2.05, 4.69) is 185 Å². The van der Waals surface area contributed by atoms with E-state index in [9.17, 15) is 0 Å². The van der Waals surface area contributed by atoms with Gasteiger partial charge in [-0.25, -0.2) is 0 Å². The van der Waals surface area contributed by atoms with Crippen molar-refractivity contribution in [1.82, 2.24) is 0 Å². The van der Waals surface area contributed by atoms with Crippen molar-refractivity contribution in [3.63, 3.8) is 0 Å². The average molecular weight is 748 g/mol. The van der Waals surface area contributed by atoms with Crippen molar-refractivity contribution in [3.8, 4) is 17.2 Å². The van der Waals surface area contributed by atoms with E-state index in [0.717, 1.165) is 11.7 Å². The van der Waals surface area contributed by atoms with E-state index in [0.29, 0.717) is 17.2 Å². The molecule has 0 spiro atoms. The summed E-state index contributed by atoms with van der Waals surface area (Å²) < 4.78 is 20.0. The maximum Gasteiger partial charge on any atom is 0.320 e. The second-order valence-electron chi connectivity index (χ2n) is 13.1. The molecule has 6 aromatic carbocycles. The minimum Gasteiger partial charge on any atom is -1.00 e. The van der Waals surface area contributed by atoms with Gasteiger partial charge in [-0.3, -0.25) is 0 Å². The molecule has 3 nitrogen and oxygen atoms in total. The van der Waals surface area contributed by atoms with Gasteiger partial charge in [0.05, 0.1) is 20.4 Å². The van der Waals surface area contributed by atoms with Crippen LogP contribution in [0.15, 0.2) is 164 Å². The van der Waals surface area contributed by atoms with Crippen LogP contribution in [0.25, 0.3) is 0 Å². The second-order valence-corrected chi connectivity index (χ2v) is 20.8. The van der Waals surface area contributed by atoms with E-state index < -0.39 is 15.6 Å². The fourth-order valence-corrected chi connectivity index (χ4v) is 15.6. The van der Waals surface area contributed by atoms with E-state index in [4.69, 9.17) is 13.9 Å². The first-order chi connectivity index (χ1) is 23.3. The zero-order valence-electron chi connectivity index (χ0n) is 28.8. The standard InChI is InChI=1S/C43H44O3PSi.BrH/c1-43(2,3)48(38-27-17-9-18-28-38,39-29-19-10-20-30-39)46-42-40(44-4)31-34(32-41(42)45-5)33-47(35-21-11-6-12-22-35,36-23-13-7-14-24-36)37-25-15-8-16-26-37;/h6-32H,33H2,1-5H3;1H/q+1;/p-1. The van der Waals surface area contributed by atoms with Crippen LogP contribution < -0.4 is 57.2 Å². The Morgan fingerprint density at radius 1 is 0.510 bits per heavy atom. The third kappa shape index (κ3) is 6.98. The summed E-state index contributed by atoms with van der Waals surface area (Å²) in [7, 11) is -1.66. The lowest BCUT2D eigenvalue weighted by Gasteiger charge is -2.43. The fraction of sp³-hybridized carbons (Fsp3) is 0.163. The smallest absolute Gasteiger partial charge is 0.320 e. The van der Waals surface area contributed by atoms with Gasteiger partial charge in [-0.15, -0.1) is 0 Å². The average Bonchev–Trinajstić information content (AvgIpc) is 3.14. The Morgan fingerprint density at radius 2 is 0.837 bits per heavy atom. The normalized spacial score (nSPS) is 11.7. The van der Waals surface area contributed by atoms with Gasteiger partial charge in [-0.1, -0.05) is 136 Å². The molecule has 6 heteroatoms. The molecule has 6 aromatic rings. The Hall–Kier alpha value is -4.15. The van der Waals surface area contributed by atoms with Crippen LogP contribution >= 0.6 is 7.26 Å². The van der Waals surface area contributed by atoms with Crippen LogP contribution in [0, 0.1) is 0 Å². The molecule has 250 valence electrons. The van der Waals surface area contributed by atoms with Gasteiger partial charge in [0.15, 0.2) is 17.2 Å². The van der Waals surface area contributed by atoms with E-state index in [1.54, 1.807) is 14.2 Å². The molecule has 6 rings (SSSR count). The zero-order valence-corrected chi connectivity index (χ0v) is 32.3. The zero-order chi connectivity index (χ0) is 33.6. The van der Waals surface area contributed by atoms with Gasteiger partial charge in [-0.2, -0.15) is 0 Å². The minimum atomic E-state index is -2.96. The van der Waals surface area contributed by atoms with Crippen LogP contribution in [0.4, 0.5) is 0 Å². The molecule has 0 saturated carbocycles. The van der Waals surface area contributed by atoms with E-state index >= 15 is 0 Å². The molecule has 0 N–H and O–H groups in total. The first kappa shape index (κ1) is 36.1. The Morgan fingerprint density at radius 3 is 1.14 bits per heavy atom. The van der Waals surface area contributed by atoms with Crippen molar-refractivity contribution in [2.75, 3.05) is 14.2 Å². The summed E-state index contributed by atoms with van der Waals surface area (Å²) in [5.41, 5.74) is 1.13. The lowest BCUT2D eigenvalue weighted by atomic mass is 10.2. The summed E-state index contributed by atoms with van der Waals surface area (Å²) >= 11 is 0. The molecule has 0 aliphatic carbocycles. The monoisotopic (exact) mass is 746 g/mol. The number of halogens is 1. The maximum atomic E-state index is 7.52. The van der Waals surface area contributed by atoms with Crippen LogP contribution in [-0.2, 0) is 6.16 Å². The highest BCUT2D eigenvalue weighted by atomic mass is 79.9.